The number of aryl methyl sites for hydroxylation is 1. The number of aromatic nitrogens is 3. The first-order valence-corrected chi connectivity index (χ1v) is 14.1. The molecule has 5 nitrogen and oxygen atoms in total. The molecule has 3 aromatic rings. The lowest BCUT2D eigenvalue weighted by molar-refractivity contribution is -0.00618. The lowest BCUT2D eigenvalue weighted by atomic mass is 9.40. The molecule has 7 atom stereocenters. The third-order valence-electron chi connectivity index (χ3n) is 12.7. The molecule has 3 heterocycles. The molecule has 0 N–H and O–H groups in total. The second kappa shape index (κ2) is 5.98. The van der Waals surface area contributed by atoms with Crippen molar-refractivity contribution < 1.29 is 0 Å². The minimum Gasteiger partial charge on any atom is -0.246 e. The molecule has 2 aromatic carbocycles. The van der Waals surface area contributed by atoms with E-state index in [9.17, 15) is 9.59 Å². The number of fused-ring (bicyclic) bond motifs is 5. The van der Waals surface area contributed by atoms with Gasteiger partial charge in [0.25, 0.3) is 0 Å². The van der Waals surface area contributed by atoms with E-state index < -0.39 is 0 Å². The number of allylic oxidation sites excluding steroid dienone is 4. The molecule has 0 amide bonds. The predicted molar refractivity (Wildman–Crippen MR) is 144 cm³/mol. The van der Waals surface area contributed by atoms with Gasteiger partial charge in [0, 0.05) is 11.5 Å². The Balaban J connectivity index is 1.32. The van der Waals surface area contributed by atoms with E-state index in [-0.39, 0.29) is 51.2 Å². The number of rotatable bonds is 1. The molecule has 37 heavy (non-hydrogen) atoms. The topological polar surface area (TPSA) is 48.9 Å². The number of nitrogens with zero attached hydrogens (tertiary/aromatic N) is 3. The summed E-state index contributed by atoms with van der Waals surface area (Å²) in [6.45, 7) is 7.04. The molecule has 0 unspecified atom stereocenters. The molecular formula is C32H33N3O2. The third-order valence-corrected chi connectivity index (χ3v) is 12.7. The lowest BCUT2D eigenvalue weighted by Crippen LogP contribution is -2.67. The van der Waals surface area contributed by atoms with E-state index in [1.54, 1.807) is 4.57 Å². The third kappa shape index (κ3) is 1.89. The highest BCUT2D eigenvalue weighted by molar-refractivity contribution is 5.89. The minimum atomic E-state index is -0.291. The van der Waals surface area contributed by atoms with Crippen molar-refractivity contribution in [2.45, 2.75) is 76.4 Å². The molecule has 0 spiro atoms. The Kier molecular flexibility index (Phi) is 3.38. The largest absolute Gasteiger partial charge is 0.348 e. The average molecular weight is 492 g/mol. The molecule has 2 fully saturated rings. The fourth-order valence-electron chi connectivity index (χ4n) is 10.4. The quantitative estimate of drug-likeness (QED) is 0.425. The molecule has 4 bridgehead atoms. The van der Waals surface area contributed by atoms with Crippen molar-refractivity contribution in [2.24, 2.45) is 22.2 Å². The summed E-state index contributed by atoms with van der Waals surface area (Å²) in [5, 5.41) is 2.54. The summed E-state index contributed by atoms with van der Waals surface area (Å²) in [5.41, 5.74) is 2.23. The van der Waals surface area contributed by atoms with E-state index in [0.717, 1.165) is 25.7 Å². The van der Waals surface area contributed by atoms with Crippen LogP contribution in [0.25, 0.3) is 10.8 Å². The smallest absolute Gasteiger partial charge is 0.246 e. The van der Waals surface area contributed by atoms with Crippen molar-refractivity contribution >= 4 is 10.8 Å². The van der Waals surface area contributed by atoms with E-state index in [4.69, 9.17) is 0 Å². The van der Waals surface area contributed by atoms with E-state index in [2.05, 4.69) is 81.5 Å². The van der Waals surface area contributed by atoms with Crippen LogP contribution in [0.2, 0.25) is 0 Å². The second-order valence-corrected chi connectivity index (χ2v) is 13.6. The Bertz CT molecular complexity index is 1750. The molecule has 1 aromatic heterocycles. The van der Waals surface area contributed by atoms with Crippen molar-refractivity contribution in [1.29, 1.82) is 0 Å². The average Bonchev–Trinajstić information content (AvgIpc) is 3.36. The highest BCUT2D eigenvalue weighted by atomic mass is 16.2. The highest BCUT2D eigenvalue weighted by Crippen LogP contribution is 2.73. The van der Waals surface area contributed by atoms with Crippen molar-refractivity contribution in [3.63, 3.8) is 0 Å². The minimum absolute atomic E-state index is 0.0259. The van der Waals surface area contributed by atoms with Gasteiger partial charge in [0.15, 0.2) is 0 Å². The predicted octanol–water partition coefficient (Wildman–Crippen LogP) is 5.46. The maximum atomic E-state index is 14.4. The van der Waals surface area contributed by atoms with Gasteiger partial charge in [-0.25, -0.2) is 23.5 Å². The Hall–Kier alpha value is -3.08. The SMILES string of the molecule is CC1(C)[C@H]2CC[C@@]1(C)[C@H](n1c(=O)n3n(c1=O)[C@H]1C=C[C@H]3[C@@]34C=C[C@@]13c1c(ccc3ccccc13)CC4)C2. The van der Waals surface area contributed by atoms with Gasteiger partial charge in [0.05, 0.1) is 17.5 Å². The molecule has 7 aliphatic rings. The van der Waals surface area contributed by atoms with E-state index >= 15 is 0 Å². The van der Waals surface area contributed by atoms with Crippen molar-refractivity contribution in [3.05, 3.63) is 92.8 Å². The summed E-state index contributed by atoms with van der Waals surface area (Å²) in [6.07, 6.45) is 14.5. The molecule has 0 radical (unpaired) electrons. The first kappa shape index (κ1) is 20.9. The number of hydrogen-bond acceptors (Lipinski definition) is 2. The van der Waals surface area contributed by atoms with Gasteiger partial charge in [-0.05, 0) is 70.8 Å². The Morgan fingerprint density at radius 2 is 1.62 bits per heavy atom. The van der Waals surface area contributed by atoms with Crippen LogP contribution in [0.5, 0.6) is 0 Å². The van der Waals surface area contributed by atoms with Gasteiger partial charge in [-0.15, -0.1) is 0 Å². The van der Waals surface area contributed by atoms with Crippen LogP contribution < -0.4 is 11.4 Å². The molecule has 2 aliphatic heterocycles. The maximum Gasteiger partial charge on any atom is 0.348 e. The first-order chi connectivity index (χ1) is 17.8. The van der Waals surface area contributed by atoms with E-state index in [1.165, 1.54) is 28.3 Å². The molecule has 5 aliphatic carbocycles. The van der Waals surface area contributed by atoms with Gasteiger partial charge in [-0.3, -0.25) is 0 Å². The maximum absolute atomic E-state index is 14.4. The van der Waals surface area contributed by atoms with Gasteiger partial charge in [-0.2, -0.15) is 0 Å². The molecule has 188 valence electrons. The Morgan fingerprint density at radius 1 is 0.865 bits per heavy atom. The van der Waals surface area contributed by atoms with Crippen molar-refractivity contribution in [3.8, 4) is 0 Å². The molecule has 10 rings (SSSR count). The summed E-state index contributed by atoms with van der Waals surface area (Å²) in [4.78, 5) is 28.7. The molecule has 0 saturated heterocycles. The summed E-state index contributed by atoms with van der Waals surface area (Å²) in [5.74, 6) is 0.571. The van der Waals surface area contributed by atoms with Crippen LogP contribution in [-0.2, 0) is 11.8 Å². The van der Waals surface area contributed by atoms with E-state index in [1.807, 2.05) is 9.36 Å². The van der Waals surface area contributed by atoms with Gasteiger partial charge in [-0.1, -0.05) is 81.5 Å². The van der Waals surface area contributed by atoms with Crippen molar-refractivity contribution in [2.75, 3.05) is 0 Å². The van der Waals surface area contributed by atoms with Crippen LogP contribution >= 0.6 is 0 Å². The van der Waals surface area contributed by atoms with E-state index in [0.29, 0.717) is 5.92 Å². The molecular weight excluding hydrogens is 458 g/mol. The van der Waals surface area contributed by atoms with Crippen LogP contribution in [0.1, 0.15) is 75.7 Å². The normalized spacial score (nSPS) is 40.8. The molecule has 5 heteroatoms. The standard InChI is InChI=1S/C32H33N3O2/c1-29(2)21-13-14-30(29,3)25(18-21)33-27(36)34-23-10-11-24(35(34)28(33)37)32-17-16-31(23,32)15-12-20-9-8-19-6-4-5-7-22(19)26(20)32/h4-11,16-17,21,23-25H,12-15,18H2,1-3H3/t21-,23-,24-,25+,30-,31+,32-/m0/s1. The van der Waals surface area contributed by atoms with Crippen LogP contribution in [0, 0.1) is 22.2 Å². The number of hydrogen-bond donors (Lipinski definition) is 0. The van der Waals surface area contributed by atoms with Gasteiger partial charge in [0.1, 0.15) is 0 Å². The molecule has 2 saturated carbocycles. The van der Waals surface area contributed by atoms with Crippen LogP contribution in [0.15, 0.2) is 70.3 Å². The Morgan fingerprint density at radius 3 is 2.32 bits per heavy atom. The second-order valence-electron chi connectivity index (χ2n) is 13.6. The summed E-state index contributed by atoms with van der Waals surface area (Å²) < 4.78 is 5.43. The van der Waals surface area contributed by atoms with Gasteiger partial charge < -0.3 is 0 Å². The monoisotopic (exact) mass is 491 g/mol. The number of benzene rings is 2. The fraction of sp³-hybridized carbons (Fsp3) is 0.500. The van der Waals surface area contributed by atoms with Crippen LogP contribution in [0.4, 0.5) is 0 Å². The van der Waals surface area contributed by atoms with Crippen molar-refractivity contribution in [1.82, 2.24) is 13.9 Å². The van der Waals surface area contributed by atoms with Gasteiger partial charge in [0.2, 0.25) is 0 Å². The fourth-order valence-corrected chi connectivity index (χ4v) is 10.4. The van der Waals surface area contributed by atoms with Gasteiger partial charge >= 0.3 is 11.4 Å². The summed E-state index contributed by atoms with van der Waals surface area (Å²) >= 11 is 0. The van der Waals surface area contributed by atoms with Crippen LogP contribution in [0.3, 0.4) is 0 Å². The zero-order valence-electron chi connectivity index (χ0n) is 21.8. The zero-order chi connectivity index (χ0) is 25.1. The first-order valence-electron chi connectivity index (χ1n) is 14.1. The Labute approximate surface area is 216 Å². The zero-order valence-corrected chi connectivity index (χ0v) is 21.8. The lowest BCUT2D eigenvalue weighted by Gasteiger charge is -2.67. The highest BCUT2D eigenvalue weighted by Gasteiger charge is 2.71. The summed E-state index contributed by atoms with van der Waals surface area (Å²) in [6, 6.07) is 12.9. The summed E-state index contributed by atoms with van der Waals surface area (Å²) in [7, 11) is 0. The van der Waals surface area contributed by atoms with Crippen LogP contribution in [-0.4, -0.2) is 13.9 Å².